The largest absolute Gasteiger partial charge is 0.497 e. The standard InChI is InChI=1S/C17H20N2O3S/c1-21-14-8-13(9-15(10-14)22-2)19-17(23)18-11-16(20)12-6-4-3-5-7-12/h3-10,16,20H,11H2,1-2H3,(H2,18,19,23)/t16-/m1/s1. The molecule has 0 saturated carbocycles. The summed E-state index contributed by atoms with van der Waals surface area (Å²) in [6, 6.07) is 14.8. The molecule has 122 valence electrons. The number of aliphatic hydroxyl groups excluding tert-OH is 1. The van der Waals surface area contributed by atoms with E-state index in [-0.39, 0.29) is 0 Å². The van der Waals surface area contributed by atoms with Gasteiger partial charge in [-0.15, -0.1) is 0 Å². The van der Waals surface area contributed by atoms with E-state index in [0.29, 0.717) is 23.2 Å². The fourth-order valence-corrected chi connectivity index (χ4v) is 2.24. The van der Waals surface area contributed by atoms with Crippen molar-refractivity contribution in [3.8, 4) is 11.5 Å². The van der Waals surface area contributed by atoms with E-state index < -0.39 is 6.10 Å². The van der Waals surface area contributed by atoms with Crippen molar-refractivity contribution in [2.45, 2.75) is 6.10 Å². The van der Waals surface area contributed by atoms with Gasteiger partial charge in [0.15, 0.2) is 5.11 Å². The van der Waals surface area contributed by atoms with Crippen LogP contribution in [0.15, 0.2) is 48.5 Å². The normalized spacial score (nSPS) is 11.4. The summed E-state index contributed by atoms with van der Waals surface area (Å²) in [5.41, 5.74) is 1.58. The lowest BCUT2D eigenvalue weighted by Crippen LogP contribution is -2.32. The van der Waals surface area contributed by atoms with Gasteiger partial charge in [0.1, 0.15) is 11.5 Å². The summed E-state index contributed by atoms with van der Waals surface area (Å²) in [6.45, 7) is 0.316. The fourth-order valence-electron chi connectivity index (χ4n) is 2.04. The number of benzene rings is 2. The molecule has 1 atom stereocenters. The third kappa shape index (κ3) is 5.12. The first-order chi connectivity index (χ1) is 11.1. The minimum atomic E-state index is -0.629. The van der Waals surface area contributed by atoms with Crippen molar-refractivity contribution in [2.24, 2.45) is 0 Å². The van der Waals surface area contributed by atoms with Crippen LogP contribution in [0.2, 0.25) is 0 Å². The fraction of sp³-hybridized carbons (Fsp3) is 0.235. The lowest BCUT2D eigenvalue weighted by atomic mass is 10.1. The molecule has 0 fully saturated rings. The Morgan fingerprint density at radius 1 is 1.09 bits per heavy atom. The molecule has 6 heteroatoms. The van der Waals surface area contributed by atoms with Crippen molar-refractivity contribution in [3.63, 3.8) is 0 Å². The molecular formula is C17H20N2O3S. The summed E-state index contributed by atoms with van der Waals surface area (Å²) in [5.74, 6) is 1.33. The SMILES string of the molecule is COc1cc(NC(=S)NC[C@@H](O)c2ccccc2)cc(OC)c1. The maximum atomic E-state index is 10.1. The Balaban J connectivity index is 1.92. The number of anilines is 1. The van der Waals surface area contributed by atoms with Crippen molar-refractivity contribution < 1.29 is 14.6 Å². The first kappa shape index (κ1) is 17.1. The van der Waals surface area contributed by atoms with E-state index >= 15 is 0 Å². The molecule has 0 unspecified atom stereocenters. The predicted molar refractivity (Wildman–Crippen MR) is 95.2 cm³/mol. The van der Waals surface area contributed by atoms with E-state index in [2.05, 4.69) is 10.6 Å². The zero-order chi connectivity index (χ0) is 16.7. The van der Waals surface area contributed by atoms with Crippen molar-refractivity contribution in [3.05, 3.63) is 54.1 Å². The average Bonchev–Trinajstić information content (AvgIpc) is 2.60. The molecule has 2 aromatic carbocycles. The summed E-state index contributed by atoms with van der Waals surface area (Å²) in [4.78, 5) is 0. The number of ether oxygens (including phenoxy) is 2. The molecule has 5 nitrogen and oxygen atoms in total. The first-order valence-corrected chi connectivity index (χ1v) is 7.54. The van der Waals surface area contributed by atoms with Gasteiger partial charge < -0.3 is 25.2 Å². The van der Waals surface area contributed by atoms with Crippen LogP contribution >= 0.6 is 12.2 Å². The van der Waals surface area contributed by atoms with Crippen LogP contribution in [0.3, 0.4) is 0 Å². The van der Waals surface area contributed by atoms with Gasteiger partial charge in [0.2, 0.25) is 0 Å². The highest BCUT2D eigenvalue weighted by atomic mass is 32.1. The number of hydrogen-bond acceptors (Lipinski definition) is 4. The topological polar surface area (TPSA) is 62.8 Å². The van der Waals surface area contributed by atoms with Gasteiger partial charge >= 0.3 is 0 Å². The summed E-state index contributed by atoms with van der Waals surface area (Å²) in [6.07, 6.45) is -0.629. The molecule has 0 heterocycles. The molecule has 2 rings (SSSR count). The maximum Gasteiger partial charge on any atom is 0.170 e. The number of thiocarbonyl (C=S) groups is 1. The number of nitrogens with one attached hydrogen (secondary N) is 2. The van der Waals surface area contributed by atoms with Crippen molar-refractivity contribution >= 4 is 23.0 Å². The molecule has 0 aliphatic carbocycles. The van der Waals surface area contributed by atoms with E-state index in [0.717, 1.165) is 11.3 Å². The van der Waals surface area contributed by atoms with E-state index in [4.69, 9.17) is 21.7 Å². The smallest absolute Gasteiger partial charge is 0.170 e. The highest BCUT2D eigenvalue weighted by Gasteiger charge is 2.08. The van der Waals surface area contributed by atoms with Gasteiger partial charge in [-0.05, 0) is 17.8 Å². The Morgan fingerprint density at radius 2 is 1.70 bits per heavy atom. The molecule has 0 spiro atoms. The van der Waals surface area contributed by atoms with E-state index in [9.17, 15) is 5.11 Å². The van der Waals surface area contributed by atoms with E-state index in [1.807, 2.05) is 42.5 Å². The minimum Gasteiger partial charge on any atom is -0.497 e. The Labute approximate surface area is 141 Å². The molecule has 0 saturated heterocycles. The van der Waals surface area contributed by atoms with Crippen molar-refractivity contribution in [1.82, 2.24) is 5.32 Å². The Morgan fingerprint density at radius 3 is 2.26 bits per heavy atom. The second-order valence-corrected chi connectivity index (χ2v) is 5.27. The zero-order valence-corrected chi connectivity index (χ0v) is 13.9. The number of rotatable bonds is 6. The third-order valence-electron chi connectivity index (χ3n) is 3.25. The van der Waals surface area contributed by atoms with Crippen LogP contribution in [0.1, 0.15) is 11.7 Å². The zero-order valence-electron chi connectivity index (χ0n) is 13.1. The predicted octanol–water partition coefficient (Wildman–Crippen LogP) is 2.72. The highest BCUT2D eigenvalue weighted by molar-refractivity contribution is 7.80. The van der Waals surface area contributed by atoms with Gasteiger partial charge in [0, 0.05) is 30.4 Å². The first-order valence-electron chi connectivity index (χ1n) is 7.13. The number of aliphatic hydroxyl groups is 1. The third-order valence-corrected chi connectivity index (χ3v) is 3.50. The van der Waals surface area contributed by atoms with Crippen LogP contribution in [0.4, 0.5) is 5.69 Å². The van der Waals surface area contributed by atoms with Gasteiger partial charge in [-0.3, -0.25) is 0 Å². The average molecular weight is 332 g/mol. The second kappa shape index (κ2) is 8.36. The maximum absolute atomic E-state index is 10.1. The lowest BCUT2D eigenvalue weighted by Gasteiger charge is -2.15. The number of hydrogen-bond donors (Lipinski definition) is 3. The van der Waals surface area contributed by atoms with Crippen LogP contribution in [-0.4, -0.2) is 31.0 Å². The summed E-state index contributed by atoms with van der Waals surface area (Å²) in [7, 11) is 3.18. The Kier molecular flexibility index (Phi) is 6.19. The molecule has 2 aromatic rings. The molecule has 0 amide bonds. The van der Waals surface area contributed by atoms with Crippen LogP contribution in [0.25, 0.3) is 0 Å². The van der Waals surface area contributed by atoms with Crippen LogP contribution in [0, 0.1) is 0 Å². The van der Waals surface area contributed by atoms with Crippen molar-refractivity contribution in [1.29, 1.82) is 0 Å². The lowest BCUT2D eigenvalue weighted by molar-refractivity contribution is 0.181. The van der Waals surface area contributed by atoms with Gasteiger partial charge in [0.25, 0.3) is 0 Å². The quantitative estimate of drug-likeness (QED) is 0.707. The second-order valence-electron chi connectivity index (χ2n) is 4.86. The van der Waals surface area contributed by atoms with E-state index in [1.165, 1.54) is 0 Å². The molecule has 0 aliphatic heterocycles. The molecule has 0 bridgehead atoms. The summed E-state index contributed by atoms with van der Waals surface area (Å²) in [5, 5.41) is 16.6. The van der Waals surface area contributed by atoms with Gasteiger partial charge in [-0.25, -0.2) is 0 Å². The molecule has 0 aromatic heterocycles. The van der Waals surface area contributed by atoms with E-state index in [1.54, 1.807) is 20.3 Å². The van der Waals surface area contributed by atoms with Gasteiger partial charge in [-0.1, -0.05) is 30.3 Å². The molecule has 23 heavy (non-hydrogen) atoms. The Hall–Kier alpha value is -2.31. The molecule has 3 N–H and O–H groups in total. The van der Waals surface area contributed by atoms with Crippen molar-refractivity contribution in [2.75, 3.05) is 26.1 Å². The minimum absolute atomic E-state index is 0.316. The molecular weight excluding hydrogens is 312 g/mol. The summed E-state index contributed by atoms with van der Waals surface area (Å²) < 4.78 is 10.4. The number of methoxy groups -OCH3 is 2. The Bertz CT molecular complexity index is 627. The van der Waals surface area contributed by atoms with Gasteiger partial charge in [-0.2, -0.15) is 0 Å². The van der Waals surface area contributed by atoms with Gasteiger partial charge in [0.05, 0.1) is 20.3 Å². The monoisotopic (exact) mass is 332 g/mol. The highest BCUT2D eigenvalue weighted by Crippen LogP contribution is 2.25. The summed E-state index contributed by atoms with van der Waals surface area (Å²) >= 11 is 5.25. The molecule has 0 aliphatic rings. The van der Waals surface area contributed by atoms with Crippen LogP contribution in [-0.2, 0) is 0 Å². The molecule has 0 radical (unpaired) electrons. The van der Waals surface area contributed by atoms with Crippen LogP contribution in [0.5, 0.6) is 11.5 Å². The van der Waals surface area contributed by atoms with Crippen LogP contribution < -0.4 is 20.1 Å².